The molecule has 0 bridgehead atoms. The minimum Gasteiger partial charge on any atom is -0.461 e. The summed E-state index contributed by atoms with van der Waals surface area (Å²) in [5.74, 6) is -5.46. The summed E-state index contributed by atoms with van der Waals surface area (Å²) in [4.78, 5) is 26.2. The largest absolute Gasteiger partial charge is 0.461 e. The molecule has 1 fully saturated rings. The maximum atomic E-state index is 13.1. The van der Waals surface area contributed by atoms with E-state index in [4.69, 9.17) is 17.8 Å². The van der Waals surface area contributed by atoms with Crippen molar-refractivity contribution in [3.05, 3.63) is 71.8 Å². The molecule has 4 unspecified atom stereocenters. The highest BCUT2D eigenvalue weighted by Gasteiger charge is 2.59. The monoisotopic (exact) mass is 540 g/mol. The Balaban J connectivity index is 1.81. The molecule has 2 aromatic rings. The first-order valence-corrected chi connectivity index (χ1v) is 14.7. The molecule has 0 aliphatic heterocycles. The molecule has 0 spiro atoms. The average molecular weight is 541 g/mol. The number of hydrogen-bond acceptors (Lipinski definition) is 10. The van der Waals surface area contributed by atoms with E-state index in [1.165, 1.54) is 0 Å². The predicted octanol–water partition coefficient (Wildman–Crippen LogP) is 1.90. The first-order chi connectivity index (χ1) is 16.9. The zero-order chi connectivity index (χ0) is 26.3. The van der Waals surface area contributed by atoms with Gasteiger partial charge in [0, 0.05) is 11.8 Å². The summed E-state index contributed by atoms with van der Waals surface area (Å²) in [7, 11) is -7.76. The lowest BCUT2D eigenvalue weighted by Crippen LogP contribution is -2.58. The smallest absolute Gasteiger partial charge is 0.310 e. The molecular formula is C24H28O10S2. The Kier molecular flexibility index (Phi) is 9.23. The van der Waals surface area contributed by atoms with Crippen LogP contribution in [0.15, 0.2) is 60.7 Å². The predicted molar refractivity (Wildman–Crippen MR) is 128 cm³/mol. The minimum absolute atomic E-state index is 0.0634. The third kappa shape index (κ3) is 8.12. The summed E-state index contributed by atoms with van der Waals surface area (Å²) in [5, 5.41) is 0. The third-order valence-corrected chi connectivity index (χ3v) is 6.93. The van der Waals surface area contributed by atoms with Crippen LogP contribution in [-0.2, 0) is 60.9 Å². The van der Waals surface area contributed by atoms with Gasteiger partial charge in [-0.3, -0.25) is 18.0 Å². The molecule has 1 aliphatic rings. The van der Waals surface area contributed by atoms with Crippen LogP contribution in [0.1, 0.15) is 11.1 Å². The normalized spacial score (nSPS) is 21.8. The van der Waals surface area contributed by atoms with E-state index in [2.05, 4.69) is 0 Å². The second-order valence-electron chi connectivity index (χ2n) is 8.54. The van der Waals surface area contributed by atoms with Gasteiger partial charge in [0.05, 0.1) is 37.6 Å². The van der Waals surface area contributed by atoms with Crippen molar-refractivity contribution in [1.82, 2.24) is 0 Å². The van der Waals surface area contributed by atoms with Gasteiger partial charge in [0.25, 0.3) is 20.2 Å². The molecule has 4 atom stereocenters. The van der Waals surface area contributed by atoms with Gasteiger partial charge in [0.2, 0.25) is 0 Å². The Bertz CT molecular complexity index is 1140. The lowest BCUT2D eigenvalue weighted by Gasteiger charge is -2.48. The van der Waals surface area contributed by atoms with E-state index in [9.17, 15) is 26.4 Å². The van der Waals surface area contributed by atoms with Crippen LogP contribution >= 0.6 is 0 Å². The molecule has 0 amide bonds. The maximum absolute atomic E-state index is 13.1. The average Bonchev–Trinajstić information content (AvgIpc) is 2.80. The van der Waals surface area contributed by atoms with Gasteiger partial charge >= 0.3 is 11.9 Å². The van der Waals surface area contributed by atoms with Crippen molar-refractivity contribution in [3.8, 4) is 0 Å². The fourth-order valence-electron chi connectivity index (χ4n) is 4.07. The molecule has 0 saturated heterocycles. The van der Waals surface area contributed by atoms with Crippen molar-refractivity contribution in [1.29, 1.82) is 0 Å². The van der Waals surface area contributed by atoms with Gasteiger partial charge in [-0.2, -0.15) is 16.8 Å². The molecule has 0 aromatic heterocycles. The summed E-state index contributed by atoms with van der Waals surface area (Å²) in [5.41, 5.74) is 1.43. The lowest BCUT2D eigenvalue weighted by molar-refractivity contribution is -0.188. The number of carbonyl (C=O) groups excluding carboxylic acids is 2. The highest BCUT2D eigenvalue weighted by molar-refractivity contribution is 7.86. The summed E-state index contributed by atoms with van der Waals surface area (Å²) in [6, 6.07) is 17.7. The Labute approximate surface area is 210 Å². The van der Waals surface area contributed by atoms with Gasteiger partial charge < -0.3 is 9.47 Å². The van der Waals surface area contributed by atoms with Gasteiger partial charge in [-0.05, 0) is 11.1 Å². The van der Waals surface area contributed by atoms with Gasteiger partial charge in [-0.1, -0.05) is 60.7 Å². The number of hydrogen-bond donors (Lipinski definition) is 0. The number of rotatable bonds is 12. The summed E-state index contributed by atoms with van der Waals surface area (Å²) in [6.45, 7) is -1.04. The van der Waals surface area contributed by atoms with Crippen molar-refractivity contribution in [2.75, 3.05) is 25.7 Å². The zero-order valence-electron chi connectivity index (χ0n) is 19.8. The fraction of sp³-hybridized carbons (Fsp3) is 0.417. The van der Waals surface area contributed by atoms with Crippen molar-refractivity contribution in [2.24, 2.45) is 23.7 Å². The van der Waals surface area contributed by atoms with E-state index in [0.717, 1.165) is 12.5 Å². The van der Waals surface area contributed by atoms with Crippen LogP contribution in [-0.4, -0.2) is 54.5 Å². The highest BCUT2D eigenvalue weighted by atomic mass is 32.2. The third-order valence-electron chi connectivity index (χ3n) is 5.80. The highest BCUT2D eigenvalue weighted by Crippen LogP contribution is 2.48. The molecule has 12 heteroatoms. The van der Waals surface area contributed by atoms with Crippen LogP contribution in [0, 0.1) is 23.7 Å². The van der Waals surface area contributed by atoms with Crippen LogP contribution in [0.4, 0.5) is 0 Å². The molecule has 1 saturated carbocycles. The van der Waals surface area contributed by atoms with E-state index < -0.39 is 69.1 Å². The summed E-state index contributed by atoms with van der Waals surface area (Å²) in [6.07, 6.45) is 1.70. The molecule has 1 aliphatic carbocycles. The number of ether oxygens (including phenoxy) is 2. The van der Waals surface area contributed by atoms with Crippen LogP contribution in [0.5, 0.6) is 0 Å². The molecule has 36 heavy (non-hydrogen) atoms. The fourth-order valence-corrected chi connectivity index (χ4v) is 4.88. The van der Waals surface area contributed by atoms with Gasteiger partial charge in [0.15, 0.2) is 0 Å². The summed E-state index contributed by atoms with van der Waals surface area (Å²) < 4.78 is 67.1. The van der Waals surface area contributed by atoms with Gasteiger partial charge in [0.1, 0.15) is 13.2 Å². The van der Waals surface area contributed by atoms with Crippen LogP contribution < -0.4 is 0 Å². The first kappa shape index (κ1) is 27.8. The van der Waals surface area contributed by atoms with Crippen molar-refractivity contribution >= 4 is 32.2 Å². The van der Waals surface area contributed by atoms with Crippen LogP contribution in [0.2, 0.25) is 0 Å². The molecular weight excluding hydrogens is 512 g/mol. The van der Waals surface area contributed by atoms with Crippen molar-refractivity contribution in [2.45, 2.75) is 13.2 Å². The van der Waals surface area contributed by atoms with E-state index in [1.54, 1.807) is 60.7 Å². The van der Waals surface area contributed by atoms with Crippen molar-refractivity contribution in [3.63, 3.8) is 0 Å². The van der Waals surface area contributed by atoms with Crippen LogP contribution in [0.25, 0.3) is 0 Å². The number of benzene rings is 2. The van der Waals surface area contributed by atoms with E-state index in [0.29, 0.717) is 11.1 Å². The second-order valence-corrected chi connectivity index (χ2v) is 11.8. The van der Waals surface area contributed by atoms with Gasteiger partial charge in [-0.25, -0.2) is 0 Å². The topological polar surface area (TPSA) is 139 Å². The lowest BCUT2D eigenvalue weighted by atomic mass is 9.57. The van der Waals surface area contributed by atoms with Crippen LogP contribution in [0.3, 0.4) is 0 Å². The van der Waals surface area contributed by atoms with E-state index in [1.807, 2.05) is 0 Å². The zero-order valence-corrected chi connectivity index (χ0v) is 21.4. The van der Waals surface area contributed by atoms with Gasteiger partial charge in [-0.15, -0.1) is 0 Å². The van der Waals surface area contributed by atoms with E-state index in [-0.39, 0.29) is 13.2 Å². The Morgan fingerprint density at radius 2 is 0.972 bits per heavy atom. The Morgan fingerprint density at radius 3 is 1.28 bits per heavy atom. The van der Waals surface area contributed by atoms with Crippen molar-refractivity contribution < 1.29 is 44.3 Å². The maximum Gasteiger partial charge on any atom is 0.310 e. The molecule has 0 heterocycles. The molecule has 3 rings (SSSR count). The molecule has 0 N–H and O–H groups in total. The standard InChI is InChI=1S/C24H28O10S2/c1-35(27,28)33-15-19-20(16-34-36(2,29)30)22(24(26)32-14-18-11-7-4-8-12-18)21(19)23(25)31-13-17-9-5-3-6-10-17/h3-12,19-22H,13-16H2,1-2H3. The molecule has 2 aromatic carbocycles. The Hall–Kier alpha value is -2.80. The van der Waals surface area contributed by atoms with E-state index >= 15 is 0 Å². The quantitative estimate of drug-likeness (QED) is 0.290. The number of carbonyl (C=O) groups is 2. The minimum atomic E-state index is -3.88. The number of esters is 2. The Morgan fingerprint density at radius 1 is 0.639 bits per heavy atom. The molecule has 196 valence electrons. The summed E-state index contributed by atoms with van der Waals surface area (Å²) >= 11 is 0. The molecule has 10 nitrogen and oxygen atoms in total. The second kappa shape index (κ2) is 12.0. The SMILES string of the molecule is CS(=O)(=O)OCC1C(COS(C)(=O)=O)C(C(=O)OCc2ccccc2)C1C(=O)OCc1ccccc1. The first-order valence-electron chi connectivity index (χ1n) is 11.0. The molecule has 0 radical (unpaired) electrons.